The number of ether oxygens (including phenoxy) is 2. The van der Waals surface area contributed by atoms with Crippen LogP contribution in [0.25, 0.3) is 0 Å². The average molecular weight is 853 g/mol. The van der Waals surface area contributed by atoms with Gasteiger partial charge >= 0.3 is 18.0 Å². The van der Waals surface area contributed by atoms with E-state index in [1.165, 1.54) is 26.4 Å². The Morgan fingerprint density at radius 2 is 1.17 bits per heavy atom. The molecule has 2 aliphatic heterocycles. The van der Waals surface area contributed by atoms with Gasteiger partial charge in [-0.2, -0.15) is 0 Å². The zero-order valence-corrected chi connectivity index (χ0v) is 31.8. The first-order valence-corrected chi connectivity index (χ1v) is 17.9. The van der Waals surface area contributed by atoms with Gasteiger partial charge < -0.3 is 45.6 Å². The smallest absolute Gasteiger partial charge is 0.339 e. The first kappa shape index (κ1) is 38.6. The lowest BCUT2D eigenvalue weighted by Gasteiger charge is -2.37. The number of rotatable bonds is 8. The molecule has 2 aliphatic rings. The summed E-state index contributed by atoms with van der Waals surface area (Å²) < 4.78 is 12.0. The number of aromatic carboxylic acids is 1. The second-order valence-corrected chi connectivity index (χ2v) is 13.5. The number of fused-ring (bicyclic) bond motifs is 1. The molecular weight excluding hydrogens is 816 g/mol. The third-order valence-electron chi connectivity index (χ3n) is 8.38. The summed E-state index contributed by atoms with van der Waals surface area (Å²) in [6, 6.07) is 23.0. The van der Waals surface area contributed by atoms with Gasteiger partial charge in [-0.1, -0.05) is 36.4 Å². The Morgan fingerprint density at radius 3 is 1.68 bits per heavy atom. The lowest BCUT2D eigenvalue weighted by atomic mass is 10.1. The molecule has 1 unspecified atom stereocenters. The number of urea groups is 2. The molecular formula is C37H36Br2N6O8. The van der Waals surface area contributed by atoms with Gasteiger partial charge in [0, 0.05) is 28.1 Å². The Kier molecular flexibility index (Phi) is 12.9. The third kappa shape index (κ3) is 9.44. The predicted molar refractivity (Wildman–Crippen MR) is 207 cm³/mol. The molecule has 16 heteroatoms. The van der Waals surface area contributed by atoms with E-state index in [1.807, 2.05) is 29.2 Å². The van der Waals surface area contributed by atoms with Crippen molar-refractivity contribution in [1.29, 1.82) is 0 Å². The highest BCUT2D eigenvalue weighted by atomic mass is 79.9. The van der Waals surface area contributed by atoms with Crippen LogP contribution in [0, 0.1) is 0 Å². The second-order valence-electron chi connectivity index (χ2n) is 11.8. The molecule has 5 N–H and O–H groups in total. The van der Waals surface area contributed by atoms with E-state index in [0.717, 1.165) is 28.3 Å². The number of piperazine rings is 1. The van der Waals surface area contributed by atoms with E-state index in [4.69, 9.17) is 14.6 Å². The van der Waals surface area contributed by atoms with Crippen molar-refractivity contribution in [2.24, 2.45) is 0 Å². The van der Waals surface area contributed by atoms with Gasteiger partial charge in [-0.3, -0.25) is 9.59 Å². The second kappa shape index (κ2) is 17.7. The van der Waals surface area contributed by atoms with Gasteiger partial charge in [0.15, 0.2) is 11.5 Å². The van der Waals surface area contributed by atoms with Crippen LogP contribution in [0.3, 0.4) is 0 Å². The number of methoxy groups -OCH3 is 2. The highest BCUT2D eigenvalue weighted by Gasteiger charge is 2.38. The minimum atomic E-state index is -1.13. The van der Waals surface area contributed by atoms with Crippen molar-refractivity contribution in [3.05, 3.63) is 105 Å². The van der Waals surface area contributed by atoms with Crippen molar-refractivity contribution >= 4 is 84.5 Å². The van der Waals surface area contributed by atoms with Gasteiger partial charge in [-0.15, -0.1) is 0 Å². The van der Waals surface area contributed by atoms with Gasteiger partial charge in [0.2, 0.25) is 5.91 Å². The number of nitrogens with one attached hydrogen (secondary N) is 4. The molecule has 0 aromatic heterocycles. The number of carbonyl (C=O) groups excluding carboxylic acids is 4. The molecule has 4 aromatic rings. The van der Waals surface area contributed by atoms with E-state index in [2.05, 4.69) is 53.1 Å². The van der Waals surface area contributed by atoms with Gasteiger partial charge in [-0.05, 0) is 93.2 Å². The molecule has 0 bridgehead atoms. The quantitative estimate of drug-likeness (QED) is 0.122. The zero-order valence-electron chi connectivity index (χ0n) is 28.7. The van der Waals surface area contributed by atoms with E-state index in [-0.39, 0.29) is 47.2 Å². The molecule has 6 amide bonds. The summed E-state index contributed by atoms with van der Waals surface area (Å²) in [5.41, 5.74) is 2.12. The minimum Gasteiger partial charge on any atom is -0.494 e. The summed E-state index contributed by atoms with van der Waals surface area (Å²) in [5, 5.41) is 19.8. The van der Waals surface area contributed by atoms with Crippen LogP contribution in [-0.4, -0.2) is 84.6 Å². The Morgan fingerprint density at radius 1 is 0.698 bits per heavy atom. The van der Waals surface area contributed by atoms with Crippen LogP contribution < -0.4 is 30.7 Å². The molecule has 14 nitrogen and oxygen atoms in total. The number of halogens is 2. The van der Waals surface area contributed by atoms with Crippen LogP contribution in [0.4, 0.5) is 32.3 Å². The van der Waals surface area contributed by atoms with Gasteiger partial charge in [0.05, 0.1) is 42.5 Å². The Labute approximate surface area is 322 Å². The molecule has 0 aliphatic carbocycles. The van der Waals surface area contributed by atoms with Crippen molar-refractivity contribution in [3.8, 4) is 11.5 Å². The minimum absolute atomic E-state index is 0.0248. The van der Waals surface area contributed by atoms with Crippen molar-refractivity contribution in [3.63, 3.8) is 0 Å². The van der Waals surface area contributed by atoms with Crippen LogP contribution in [0.1, 0.15) is 33.6 Å². The molecule has 0 spiro atoms. The predicted octanol–water partition coefficient (Wildman–Crippen LogP) is 7.35. The molecule has 2 fully saturated rings. The highest BCUT2D eigenvalue weighted by Crippen LogP contribution is 2.33. The topological polar surface area (TPSA) is 179 Å². The van der Waals surface area contributed by atoms with Crippen molar-refractivity contribution in [2.75, 3.05) is 55.1 Å². The molecule has 2 saturated heterocycles. The molecule has 4 aromatic carbocycles. The SMILES string of the molecule is COc1c(NC(=O)Nc2ccccc2Br)cccc1C(=O)N1CC(=O)N2CCCC2C1.COc1c(NC(=O)Nc2ccccc2Br)cccc1C(=O)O. The number of carboxylic acid groups (broad SMARTS) is 1. The fourth-order valence-electron chi connectivity index (χ4n) is 5.98. The van der Waals surface area contributed by atoms with Gasteiger partial charge in [0.1, 0.15) is 12.1 Å². The summed E-state index contributed by atoms with van der Waals surface area (Å²) in [5.74, 6) is -1.09. The lowest BCUT2D eigenvalue weighted by molar-refractivity contribution is -0.136. The molecule has 1 atom stereocenters. The number of hydrogen-bond donors (Lipinski definition) is 5. The van der Waals surface area contributed by atoms with Crippen LogP contribution in [0.2, 0.25) is 0 Å². The third-order valence-corrected chi connectivity index (χ3v) is 9.76. The highest BCUT2D eigenvalue weighted by molar-refractivity contribution is 9.11. The number of anilines is 4. The molecule has 2 heterocycles. The average Bonchev–Trinajstić information content (AvgIpc) is 3.63. The van der Waals surface area contributed by atoms with Crippen molar-refractivity contribution in [2.45, 2.75) is 18.9 Å². The lowest BCUT2D eigenvalue weighted by Crippen LogP contribution is -2.55. The number of carbonyl (C=O) groups is 5. The number of nitrogens with zero attached hydrogens (tertiary/aromatic N) is 2. The first-order chi connectivity index (χ1) is 25.5. The van der Waals surface area contributed by atoms with Gasteiger partial charge in [0.25, 0.3) is 5.91 Å². The van der Waals surface area contributed by atoms with Gasteiger partial charge in [-0.25, -0.2) is 14.4 Å². The summed E-state index contributed by atoms with van der Waals surface area (Å²) in [6.45, 7) is 1.33. The van der Waals surface area contributed by atoms with Crippen molar-refractivity contribution in [1.82, 2.24) is 9.80 Å². The van der Waals surface area contributed by atoms with E-state index < -0.39 is 18.0 Å². The van der Waals surface area contributed by atoms with E-state index in [1.54, 1.807) is 53.4 Å². The number of carboxylic acids is 1. The van der Waals surface area contributed by atoms with E-state index in [0.29, 0.717) is 29.2 Å². The fourth-order valence-corrected chi connectivity index (χ4v) is 6.74. The molecule has 0 saturated carbocycles. The Bertz CT molecular complexity index is 2030. The summed E-state index contributed by atoms with van der Waals surface area (Å²) in [7, 11) is 2.79. The van der Waals surface area contributed by atoms with Crippen molar-refractivity contribution < 1.29 is 38.6 Å². The maximum atomic E-state index is 13.2. The normalized spacial score (nSPS) is 14.6. The standard InChI is InChI=1S/C22H23BrN4O4.C15H13BrN2O4/c1-31-20-15(21(29)26-12-14-6-5-11-27(14)19(28)13-26)7-4-10-18(20)25-22(30)24-17-9-3-2-8-16(17)23;1-22-13-9(14(19)20)5-4-8-12(13)18-15(21)17-11-7-3-2-6-10(11)16/h2-4,7-10,14H,5-6,11-13H2,1H3,(H2,24,25,30);2-8H,1H3,(H,19,20)(H2,17,18,21). The van der Waals surface area contributed by atoms with Crippen LogP contribution in [0.15, 0.2) is 93.9 Å². The van der Waals surface area contributed by atoms with E-state index in [9.17, 15) is 24.0 Å². The monoisotopic (exact) mass is 850 g/mol. The number of benzene rings is 4. The molecule has 276 valence electrons. The summed E-state index contributed by atoms with van der Waals surface area (Å²) >= 11 is 6.71. The summed E-state index contributed by atoms with van der Waals surface area (Å²) in [6.07, 6.45) is 1.87. The van der Waals surface area contributed by atoms with Crippen LogP contribution in [0.5, 0.6) is 11.5 Å². The molecule has 6 rings (SSSR count). The van der Waals surface area contributed by atoms with Crippen LogP contribution in [-0.2, 0) is 4.79 Å². The first-order valence-electron chi connectivity index (χ1n) is 16.3. The Hall–Kier alpha value is -5.61. The molecule has 0 radical (unpaired) electrons. The zero-order chi connectivity index (χ0) is 38.1. The largest absolute Gasteiger partial charge is 0.494 e. The fraction of sp³-hybridized carbons (Fsp3) is 0.216. The van der Waals surface area contributed by atoms with E-state index >= 15 is 0 Å². The Balaban J connectivity index is 0.000000217. The maximum Gasteiger partial charge on any atom is 0.339 e. The molecule has 53 heavy (non-hydrogen) atoms. The number of amides is 6. The number of para-hydroxylation sites is 4. The van der Waals surface area contributed by atoms with Crippen LogP contribution >= 0.6 is 31.9 Å². The maximum absolute atomic E-state index is 13.2. The number of hydrogen-bond acceptors (Lipinski definition) is 7. The summed E-state index contributed by atoms with van der Waals surface area (Å²) in [4.78, 5) is 64.8.